The Morgan fingerprint density at radius 2 is 2.27 bits per heavy atom. The molecule has 4 heteroatoms. The highest BCUT2D eigenvalue weighted by Gasteiger charge is 1.94. The van der Waals surface area contributed by atoms with Gasteiger partial charge >= 0.3 is 0 Å². The van der Waals surface area contributed by atoms with Crippen molar-refractivity contribution < 1.29 is 0 Å². The van der Waals surface area contributed by atoms with Gasteiger partial charge in [-0.25, -0.2) is 0 Å². The van der Waals surface area contributed by atoms with E-state index in [4.69, 9.17) is 11.3 Å². The van der Waals surface area contributed by atoms with Crippen molar-refractivity contribution in [3.05, 3.63) is 34.2 Å². The molecule has 1 rings (SSSR count). The minimum atomic E-state index is 0.493. The van der Waals surface area contributed by atoms with E-state index >= 15 is 0 Å². The standard InChI is InChI=1S/C7H8N4/c1-5-2-3-6(8)7(4-5)10-11-9/h2-4H,8H2,1H3. The third-order valence-electron chi connectivity index (χ3n) is 1.34. The van der Waals surface area contributed by atoms with Crippen molar-refractivity contribution in [3.8, 4) is 0 Å². The molecule has 0 heterocycles. The van der Waals surface area contributed by atoms with E-state index in [0.29, 0.717) is 11.4 Å². The molecule has 1 aromatic carbocycles. The summed E-state index contributed by atoms with van der Waals surface area (Å²) in [7, 11) is 0. The second-order valence-corrected chi connectivity index (χ2v) is 2.25. The van der Waals surface area contributed by atoms with Crippen LogP contribution in [0.2, 0.25) is 0 Å². The van der Waals surface area contributed by atoms with Gasteiger partial charge in [0.05, 0.1) is 5.69 Å². The summed E-state index contributed by atoms with van der Waals surface area (Å²) in [6.07, 6.45) is 0. The zero-order chi connectivity index (χ0) is 8.27. The molecule has 0 spiro atoms. The maximum absolute atomic E-state index is 8.14. The zero-order valence-electron chi connectivity index (χ0n) is 6.15. The maximum Gasteiger partial charge on any atom is 0.0607 e. The highest BCUT2D eigenvalue weighted by atomic mass is 15.1. The fourth-order valence-electron chi connectivity index (χ4n) is 0.788. The second kappa shape index (κ2) is 2.94. The third kappa shape index (κ3) is 1.63. The Morgan fingerprint density at radius 1 is 1.55 bits per heavy atom. The van der Waals surface area contributed by atoms with Crippen molar-refractivity contribution in [2.45, 2.75) is 6.92 Å². The van der Waals surface area contributed by atoms with E-state index < -0.39 is 0 Å². The van der Waals surface area contributed by atoms with Gasteiger partial charge in [0.2, 0.25) is 0 Å². The fourth-order valence-corrected chi connectivity index (χ4v) is 0.788. The van der Waals surface area contributed by atoms with Crippen LogP contribution in [-0.2, 0) is 0 Å². The molecule has 0 amide bonds. The van der Waals surface area contributed by atoms with Crippen LogP contribution in [0.5, 0.6) is 0 Å². The summed E-state index contributed by atoms with van der Waals surface area (Å²) < 4.78 is 0. The summed E-state index contributed by atoms with van der Waals surface area (Å²) in [5, 5.41) is 3.42. The molecule has 56 valence electrons. The molecule has 0 fully saturated rings. The molecular weight excluding hydrogens is 140 g/mol. The van der Waals surface area contributed by atoms with Crippen LogP contribution >= 0.6 is 0 Å². The van der Waals surface area contributed by atoms with Crippen LogP contribution in [0.25, 0.3) is 10.4 Å². The van der Waals surface area contributed by atoms with E-state index in [9.17, 15) is 0 Å². The molecule has 4 nitrogen and oxygen atoms in total. The molecule has 0 radical (unpaired) electrons. The third-order valence-corrected chi connectivity index (χ3v) is 1.34. The van der Waals surface area contributed by atoms with Gasteiger partial charge in [0.15, 0.2) is 0 Å². The lowest BCUT2D eigenvalue weighted by molar-refractivity contribution is 1.41. The molecule has 0 aliphatic rings. The Labute approximate surface area is 64.3 Å². The van der Waals surface area contributed by atoms with Gasteiger partial charge in [-0.15, -0.1) is 0 Å². The van der Waals surface area contributed by atoms with Crippen LogP contribution in [0.15, 0.2) is 23.3 Å². The van der Waals surface area contributed by atoms with E-state index in [1.807, 2.05) is 13.0 Å². The largest absolute Gasteiger partial charge is 0.398 e. The van der Waals surface area contributed by atoms with E-state index in [0.717, 1.165) is 5.56 Å². The first-order valence-electron chi connectivity index (χ1n) is 3.15. The van der Waals surface area contributed by atoms with E-state index in [1.54, 1.807) is 12.1 Å². The lowest BCUT2D eigenvalue weighted by Gasteiger charge is -1.98. The number of rotatable bonds is 1. The van der Waals surface area contributed by atoms with Crippen molar-refractivity contribution in [2.75, 3.05) is 5.73 Å². The molecule has 0 aliphatic heterocycles. The van der Waals surface area contributed by atoms with Crippen molar-refractivity contribution in [2.24, 2.45) is 5.11 Å². The molecule has 0 aliphatic carbocycles. The summed E-state index contributed by atoms with van der Waals surface area (Å²) in [5.74, 6) is 0. The highest BCUT2D eigenvalue weighted by Crippen LogP contribution is 2.22. The molecule has 0 bridgehead atoms. The normalized spacial score (nSPS) is 8.82. The van der Waals surface area contributed by atoms with Gasteiger partial charge in [-0.1, -0.05) is 16.7 Å². The first-order chi connectivity index (χ1) is 5.24. The monoisotopic (exact) mass is 148 g/mol. The molecule has 0 unspecified atom stereocenters. The van der Waals surface area contributed by atoms with Gasteiger partial charge in [0.1, 0.15) is 0 Å². The van der Waals surface area contributed by atoms with Crippen LogP contribution in [0.3, 0.4) is 0 Å². The molecule has 1 aromatic rings. The Morgan fingerprint density at radius 3 is 2.91 bits per heavy atom. The Balaban J connectivity index is 3.22. The van der Waals surface area contributed by atoms with Crippen molar-refractivity contribution in [1.82, 2.24) is 0 Å². The number of nitrogens with zero attached hydrogens (tertiary/aromatic N) is 3. The lowest BCUT2D eigenvalue weighted by Crippen LogP contribution is -1.84. The van der Waals surface area contributed by atoms with Gasteiger partial charge in [-0.05, 0) is 24.6 Å². The number of anilines is 1. The van der Waals surface area contributed by atoms with Gasteiger partial charge in [-0.3, -0.25) is 0 Å². The van der Waals surface area contributed by atoms with E-state index in [1.165, 1.54) is 0 Å². The lowest BCUT2D eigenvalue weighted by atomic mass is 10.2. The SMILES string of the molecule is Cc1ccc(N)c(N=[N+]=[N-])c1. The minimum Gasteiger partial charge on any atom is -0.398 e. The smallest absolute Gasteiger partial charge is 0.0607 e. The Kier molecular flexibility index (Phi) is 1.99. The number of nitrogen functional groups attached to an aromatic ring is 1. The maximum atomic E-state index is 8.14. The quantitative estimate of drug-likeness (QED) is 0.282. The van der Waals surface area contributed by atoms with Crippen LogP contribution in [-0.4, -0.2) is 0 Å². The van der Waals surface area contributed by atoms with Crippen molar-refractivity contribution in [3.63, 3.8) is 0 Å². The average molecular weight is 148 g/mol. The van der Waals surface area contributed by atoms with Gasteiger partial charge < -0.3 is 5.73 Å². The number of nitrogens with two attached hydrogens (primary N) is 1. The molecule has 0 saturated heterocycles. The van der Waals surface area contributed by atoms with Crippen molar-refractivity contribution >= 4 is 11.4 Å². The number of hydrogen-bond donors (Lipinski definition) is 1. The summed E-state index contributed by atoms with van der Waals surface area (Å²) >= 11 is 0. The Bertz CT molecular complexity index is 312. The van der Waals surface area contributed by atoms with Crippen LogP contribution in [0.1, 0.15) is 5.56 Å². The minimum absolute atomic E-state index is 0.493. The summed E-state index contributed by atoms with van der Waals surface area (Å²) in [6.45, 7) is 1.91. The van der Waals surface area contributed by atoms with Gasteiger partial charge in [0, 0.05) is 10.6 Å². The second-order valence-electron chi connectivity index (χ2n) is 2.25. The van der Waals surface area contributed by atoms with Gasteiger partial charge in [0.25, 0.3) is 0 Å². The zero-order valence-corrected chi connectivity index (χ0v) is 6.15. The first kappa shape index (κ1) is 7.44. The average Bonchev–Trinajstić information content (AvgIpc) is 1.98. The number of aryl methyl sites for hydroxylation is 1. The van der Waals surface area contributed by atoms with Crippen LogP contribution in [0, 0.1) is 6.92 Å². The summed E-state index contributed by atoms with van der Waals surface area (Å²) in [4.78, 5) is 2.65. The topological polar surface area (TPSA) is 74.8 Å². The summed E-state index contributed by atoms with van der Waals surface area (Å²) in [6, 6.07) is 5.33. The molecule has 0 atom stereocenters. The molecule has 0 aromatic heterocycles. The van der Waals surface area contributed by atoms with Gasteiger partial charge in [-0.2, -0.15) is 0 Å². The fraction of sp³-hybridized carbons (Fsp3) is 0.143. The van der Waals surface area contributed by atoms with Crippen LogP contribution < -0.4 is 5.73 Å². The van der Waals surface area contributed by atoms with Crippen molar-refractivity contribution in [1.29, 1.82) is 0 Å². The number of hydrogen-bond acceptors (Lipinski definition) is 2. The predicted octanol–water partition coefficient (Wildman–Crippen LogP) is 2.52. The molecule has 11 heavy (non-hydrogen) atoms. The van der Waals surface area contributed by atoms with Crippen LogP contribution in [0.4, 0.5) is 11.4 Å². The molecule has 0 saturated carbocycles. The molecule has 2 N–H and O–H groups in total. The highest BCUT2D eigenvalue weighted by molar-refractivity contribution is 5.63. The first-order valence-corrected chi connectivity index (χ1v) is 3.15. The van der Waals surface area contributed by atoms with E-state index in [-0.39, 0.29) is 0 Å². The number of azide groups is 1. The number of benzene rings is 1. The van der Waals surface area contributed by atoms with E-state index in [2.05, 4.69) is 10.0 Å². The Hall–Kier alpha value is -1.67. The predicted molar refractivity (Wildman–Crippen MR) is 44.4 cm³/mol. The summed E-state index contributed by atoms with van der Waals surface area (Å²) in [5.41, 5.74) is 15.7. The molecular formula is C7H8N4.